The van der Waals surface area contributed by atoms with Crippen LogP contribution in [0.4, 0.5) is 8.78 Å². The number of hydrogen-bond donors (Lipinski definition) is 0. The maximum Gasteiger partial charge on any atom is 0.100 e. The Labute approximate surface area is 87.1 Å². The van der Waals surface area contributed by atoms with Crippen LogP contribution in [0.2, 0.25) is 0 Å². The van der Waals surface area contributed by atoms with Crippen molar-refractivity contribution < 1.29 is 8.78 Å². The number of unbranched alkanes of at least 4 members (excludes halogenated alkanes) is 3. The van der Waals surface area contributed by atoms with E-state index in [0.717, 1.165) is 12.8 Å². The lowest BCUT2D eigenvalue weighted by atomic mass is 10.0. The Morgan fingerprint density at radius 3 is 2.36 bits per heavy atom. The molecule has 0 N–H and O–H groups in total. The Kier molecular flexibility index (Phi) is 9.32. The third-order valence-corrected chi connectivity index (χ3v) is 2.28. The number of hydrogen-bond acceptors (Lipinski definition) is 0. The number of alkyl halides is 2. The normalized spacial score (nSPS) is 15.4. The molecule has 0 fully saturated rings. The minimum atomic E-state index is -0.831. The highest BCUT2D eigenvalue weighted by Crippen LogP contribution is 2.14. The topological polar surface area (TPSA) is 0 Å². The quantitative estimate of drug-likeness (QED) is 0.481. The van der Waals surface area contributed by atoms with Crippen molar-refractivity contribution in [1.82, 2.24) is 0 Å². The van der Waals surface area contributed by atoms with Crippen LogP contribution in [0.15, 0.2) is 0 Å². The third kappa shape index (κ3) is 9.94. The first-order valence-electron chi connectivity index (χ1n) is 5.76. The lowest BCUT2D eigenvalue weighted by Crippen LogP contribution is -2.02. The van der Waals surface area contributed by atoms with E-state index in [9.17, 15) is 8.78 Å². The molecule has 85 valence electrons. The average molecular weight is 205 g/mol. The van der Waals surface area contributed by atoms with Crippen molar-refractivity contribution in [3.63, 3.8) is 0 Å². The molecule has 0 aliphatic heterocycles. The van der Waals surface area contributed by atoms with Gasteiger partial charge in [0.25, 0.3) is 0 Å². The molecule has 0 aliphatic carbocycles. The summed E-state index contributed by atoms with van der Waals surface area (Å²) in [5.41, 5.74) is 0. The molecule has 0 aromatic carbocycles. The van der Waals surface area contributed by atoms with Gasteiger partial charge < -0.3 is 0 Å². The summed E-state index contributed by atoms with van der Waals surface area (Å²) in [5.74, 6) is 0. The molecule has 0 saturated carbocycles. The second-order valence-corrected chi connectivity index (χ2v) is 3.99. The van der Waals surface area contributed by atoms with Crippen LogP contribution >= 0.6 is 0 Å². The molecule has 2 heteroatoms. The molecule has 0 aromatic rings. The predicted octanol–water partition coefficient (Wildman–Crippen LogP) is 4.64. The van der Waals surface area contributed by atoms with E-state index in [1.54, 1.807) is 6.42 Å². The van der Waals surface area contributed by atoms with Crippen molar-refractivity contribution in [2.75, 3.05) is 0 Å². The second-order valence-electron chi connectivity index (χ2n) is 3.99. The van der Waals surface area contributed by atoms with Crippen molar-refractivity contribution in [1.29, 1.82) is 0 Å². The largest absolute Gasteiger partial charge is 0.248 e. The highest BCUT2D eigenvalue weighted by atomic mass is 19.1. The van der Waals surface area contributed by atoms with Crippen LogP contribution in [0.25, 0.3) is 0 Å². The van der Waals surface area contributed by atoms with Crippen molar-refractivity contribution >= 4 is 0 Å². The molecule has 0 rings (SSSR count). The molecule has 14 heavy (non-hydrogen) atoms. The molecule has 0 saturated heterocycles. The van der Waals surface area contributed by atoms with Crippen molar-refractivity contribution in [2.24, 2.45) is 0 Å². The zero-order valence-electron chi connectivity index (χ0n) is 9.44. The summed E-state index contributed by atoms with van der Waals surface area (Å²) in [6, 6.07) is 0. The first-order valence-corrected chi connectivity index (χ1v) is 5.76. The van der Waals surface area contributed by atoms with E-state index in [-0.39, 0.29) is 0 Å². The maximum absolute atomic E-state index is 13.1. The number of halogens is 2. The van der Waals surface area contributed by atoms with Gasteiger partial charge in [-0.3, -0.25) is 0 Å². The SMILES string of the molecule is CCCCCCC(F)C[CH]CC(C)F. The summed E-state index contributed by atoms with van der Waals surface area (Å²) < 4.78 is 25.5. The van der Waals surface area contributed by atoms with Gasteiger partial charge >= 0.3 is 0 Å². The molecule has 2 atom stereocenters. The molecule has 0 aliphatic rings. The van der Waals surface area contributed by atoms with E-state index in [0.29, 0.717) is 19.3 Å². The summed E-state index contributed by atoms with van der Waals surface area (Å²) in [4.78, 5) is 0. The van der Waals surface area contributed by atoms with E-state index >= 15 is 0 Å². The fourth-order valence-electron chi connectivity index (χ4n) is 1.42. The third-order valence-electron chi connectivity index (χ3n) is 2.28. The van der Waals surface area contributed by atoms with Gasteiger partial charge in [0.1, 0.15) is 6.17 Å². The highest BCUT2D eigenvalue weighted by Gasteiger charge is 2.07. The summed E-state index contributed by atoms with van der Waals surface area (Å²) >= 11 is 0. The predicted molar refractivity (Wildman–Crippen MR) is 57.8 cm³/mol. The monoisotopic (exact) mass is 205 g/mol. The van der Waals surface area contributed by atoms with Gasteiger partial charge in [0, 0.05) is 0 Å². The fourth-order valence-corrected chi connectivity index (χ4v) is 1.42. The molecule has 0 heterocycles. The molecule has 1 radical (unpaired) electrons. The second kappa shape index (κ2) is 9.42. The van der Waals surface area contributed by atoms with Gasteiger partial charge in [0.05, 0.1) is 6.17 Å². The maximum atomic E-state index is 13.1. The zero-order chi connectivity index (χ0) is 10.8. The molecule has 2 unspecified atom stereocenters. The lowest BCUT2D eigenvalue weighted by molar-refractivity contribution is 0.289. The molecule has 0 nitrogen and oxygen atoms in total. The van der Waals surface area contributed by atoms with E-state index < -0.39 is 12.3 Å². The van der Waals surface area contributed by atoms with Gasteiger partial charge in [0.15, 0.2) is 0 Å². The van der Waals surface area contributed by atoms with Gasteiger partial charge in [-0.25, -0.2) is 8.78 Å². The summed E-state index contributed by atoms with van der Waals surface area (Å²) in [7, 11) is 0. The van der Waals surface area contributed by atoms with Gasteiger partial charge in [-0.05, 0) is 32.6 Å². The van der Waals surface area contributed by atoms with Crippen LogP contribution in [0, 0.1) is 6.42 Å². The van der Waals surface area contributed by atoms with Crippen molar-refractivity contribution in [3.05, 3.63) is 6.42 Å². The van der Waals surface area contributed by atoms with Crippen LogP contribution in [-0.4, -0.2) is 12.3 Å². The Morgan fingerprint density at radius 2 is 1.79 bits per heavy atom. The van der Waals surface area contributed by atoms with Gasteiger partial charge in [-0.1, -0.05) is 32.6 Å². The lowest BCUT2D eigenvalue weighted by Gasteiger charge is -2.07. The minimum absolute atomic E-state index is 0.384. The first kappa shape index (κ1) is 13.9. The molecule has 0 aromatic heterocycles. The molecule has 0 bridgehead atoms. The van der Waals surface area contributed by atoms with E-state index in [1.165, 1.54) is 19.8 Å². The Bertz CT molecular complexity index is 113. The first-order chi connectivity index (χ1) is 6.66. The Morgan fingerprint density at radius 1 is 1.07 bits per heavy atom. The van der Waals surface area contributed by atoms with Gasteiger partial charge in [-0.15, -0.1) is 0 Å². The van der Waals surface area contributed by atoms with Crippen LogP contribution < -0.4 is 0 Å². The molecule has 0 amide bonds. The average Bonchev–Trinajstić information content (AvgIpc) is 2.12. The zero-order valence-corrected chi connectivity index (χ0v) is 9.44. The van der Waals surface area contributed by atoms with E-state index in [2.05, 4.69) is 6.92 Å². The Hall–Kier alpha value is -0.140. The van der Waals surface area contributed by atoms with Crippen molar-refractivity contribution in [2.45, 2.75) is 71.1 Å². The summed E-state index contributed by atoms with van der Waals surface area (Å²) in [6.45, 7) is 3.65. The van der Waals surface area contributed by atoms with E-state index in [4.69, 9.17) is 0 Å². The van der Waals surface area contributed by atoms with Crippen LogP contribution in [-0.2, 0) is 0 Å². The summed E-state index contributed by atoms with van der Waals surface area (Å²) in [6.07, 6.45) is 6.04. The fraction of sp³-hybridized carbons (Fsp3) is 0.917. The van der Waals surface area contributed by atoms with Crippen LogP contribution in [0.1, 0.15) is 58.8 Å². The molecular weight excluding hydrogens is 182 g/mol. The molecule has 0 spiro atoms. The standard InChI is InChI=1S/C12H23F2/c1-3-4-5-6-9-12(14)10-7-8-11(2)13/h7,11-12H,3-6,8-10H2,1-2H3. The highest BCUT2D eigenvalue weighted by molar-refractivity contribution is 4.73. The Balaban J connectivity index is 3.15. The number of rotatable bonds is 9. The smallest absolute Gasteiger partial charge is 0.100 e. The van der Waals surface area contributed by atoms with Gasteiger partial charge in [0.2, 0.25) is 0 Å². The van der Waals surface area contributed by atoms with Gasteiger partial charge in [-0.2, -0.15) is 0 Å². The molecular formula is C12H23F2. The minimum Gasteiger partial charge on any atom is -0.248 e. The van der Waals surface area contributed by atoms with Crippen LogP contribution in [0.5, 0.6) is 0 Å². The van der Waals surface area contributed by atoms with Crippen molar-refractivity contribution in [3.8, 4) is 0 Å². The van der Waals surface area contributed by atoms with E-state index in [1.807, 2.05) is 0 Å². The van der Waals surface area contributed by atoms with Crippen LogP contribution in [0.3, 0.4) is 0 Å². The summed E-state index contributed by atoms with van der Waals surface area (Å²) in [5, 5.41) is 0.